The summed E-state index contributed by atoms with van der Waals surface area (Å²) in [5.41, 5.74) is 2.42. The Kier molecular flexibility index (Phi) is 5.93. The Morgan fingerprint density at radius 2 is 2.04 bits per heavy atom. The van der Waals surface area contributed by atoms with Crippen molar-refractivity contribution in [3.05, 3.63) is 45.7 Å². The van der Waals surface area contributed by atoms with Gasteiger partial charge in [-0.3, -0.25) is 9.59 Å². The van der Waals surface area contributed by atoms with Gasteiger partial charge in [0.05, 0.1) is 6.54 Å². The Bertz CT molecular complexity index is 737. The lowest BCUT2D eigenvalue weighted by Crippen LogP contribution is -2.33. The second-order valence-corrected chi connectivity index (χ2v) is 5.64. The molecule has 5 nitrogen and oxygen atoms in total. The number of hydrogen-bond acceptors (Lipinski definition) is 3. The summed E-state index contributed by atoms with van der Waals surface area (Å²) in [5.74, 6) is -0.0137. The van der Waals surface area contributed by atoms with Gasteiger partial charge in [0.2, 0.25) is 5.91 Å². The van der Waals surface area contributed by atoms with E-state index in [4.69, 9.17) is 5.11 Å². The van der Waals surface area contributed by atoms with E-state index in [1.165, 1.54) is 5.56 Å². The van der Waals surface area contributed by atoms with Gasteiger partial charge in [0, 0.05) is 30.7 Å². The van der Waals surface area contributed by atoms with E-state index in [-0.39, 0.29) is 24.6 Å². The number of aromatic amines is 1. The van der Waals surface area contributed by atoms with Crippen molar-refractivity contribution in [3.8, 4) is 0 Å². The molecule has 2 aromatic rings. The van der Waals surface area contributed by atoms with Crippen LogP contribution < -0.4 is 5.56 Å². The second kappa shape index (κ2) is 7.92. The molecule has 1 aromatic heterocycles. The van der Waals surface area contributed by atoms with Gasteiger partial charge < -0.3 is 15.0 Å². The van der Waals surface area contributed by atoms with Crippen LogP contribution in [-0.2, 0) is 17.8 Å². The molecule has 124 valence electrons. The standard InChI is InChI=1S/C18H24N2O3/c1-3-13-6-7-16-14(10-13)11-15(18(23)19-16)12-20(8-5-9-21)17(22)4-2/h6-7,10-11,21H,3-5,8-9,12H2,1-2H3,(H,19,23). The largest absolute Gasteiger partial charge is 0.396 e. The van der Waals surface area contributed by atoms with E-state index in [2.05, 4.69) is 18.0 Å². The zero-order valence-electron chi connectivity index (χ0n) is 13.8. The first-order valence-electron chi connectivity index (χ1n) is 8.12. The molecule has 0 aliphatic carbocycles. The number of carbonyl (C=O) groups is 1. The molecule has 5 heteroatoms. The topological polar surface area (TPSA) is 73.4 Å². The van der Waals surface area contributed by atoms with Crippen LogP contribution in [0.5, 0.6) is 0 Å². The van der Waals surface area contributed by atoms with E-state index < -0.39 is 0 Å². The molecule has 2 N–H and O–H groups in total. The highest BCUT2D eigenvalue weighted by Gasteiger charge is 2.14. The molecule has 2 rings (SSSR count). The normalized spacial score (nSPS) is 10.9. The summed E-state index contributed by atoms with van der Waals surface area (Å²) in [4.78, 5) is 28.8. The third-order valence-corrected chi connectivity index (χ3v) is 4.00. The minimum atomic E-state index is -0.167. The van der Waals surface area contributed by atoms with Crippen molar-refractivity contribution in [1.82, 2.24) is 9.88 Å². The molecule has 1 heterocycles. The number of H-pyrrole nitrogens is 1. The molecule has 1 amide bonds. The van der Waals surface area contributed by atoms with Gasteiger partial charge in [-0.15, -0.1) is 0 Å². The smallest absolute Gasteiger partial charge is 0.253 e. The molecular weight excluding hydrogens is 292 g/mol. The Hall–Kier alpha value is -2.14. The molecule has 0 saturated heterocycles. The number of pyridine rings is 1. The number of nitrogens with one attached hydrogen (secondary N) is 1. The summed E-state index contributed by atoms with van der Waals surface area (Å²) >= 11 is 0. The third-order valence-electron chi connectivity index (χ3n) is 4.00. The highest BCUT2D eigenvalue weighted by molar-refractivity contribution is 5.80. The van der Waals surface area contributed by atoms with Gasteiger partial charge in [-0.2, -0.15) is 0 Å². The fraction of sp³-hybridized carbons (Fsp3) is 0.444. The number of nitrogens with zero attached hydrogens (tertiary/aromatic N) is 1. The molecule has 0 radical (unpaired) electrons. The number of fused-ring (bicyclic) bond motifs is 1. The van der Waals surface area contributed by atoms with Crippen LogP contribution >= 0.6 is 0 Å². The molecule has 0 atom stereocenters. The van der Waals surface area contributed by atoms with Crippen molar-refractivity contribution in [3.63, 3.8) is 0 Å². The van der Waals surface area contributed by atoms with E-state index in [0.717, 1.165) is 17.3 Å². The third kappa shape index (κ3) is 4.20. The molecule has 1 aromatic carbocycles. The fourth-order valence-electron chi connectivity index (χ4n) is 2.62. The van der Waals surface area contributed by atoms with Crippen LogP contribution in [0.4, 0.5) is 0 Å². The van der Waals surface area contributed by atoms with Crippen molar-refractivity contribution in [2.75, 3.05) is 13.2 Å². The first-order chi connectivity index (χ1) is 11.1. The van der Waals surface area contributed by atoms with Gasteiger partial charge in [-0.1, -0.05) is 19.9 Å². The van der Waals surface area contributed by atoms with Crippen LogP contribution in [0.2, 0.25) is 0 Å². The molecular formula is C18H24N2O3. The predicted octanol–water partition coefficient (Wildman–Crippen LogP) is 2.21. The summed E-state index contributed by atoms with van der Waals surface area (Å²) < 4.78 is 0. The average molecular weight is 316 g/mol. The predicted molar refractivity (Wildman–Crippen MR) is 91.4 cm³/mol. The van der Waals surface area contributed by atoms with E-state index in [9.17, 15) is 9.59 Å². The zero-order chi connectivity index (χ0) is 16.8. The monoisotopic (exact) mass is 316 g/mol. The van der Waals surface area contributed by atoms with Crippen LogP contribution in [0.3, 0.4) is 0 Å². The number of aliphatic hydroxyl groups is 1. The first kappa shape index (κ1) is 17.2. The second-order valence-electron chi connectivity index (χ2n) is 5.64. The maximum absolute atomic E-state index is 12.3. The molecule has 23 heavy (non-hydrogen) atoms. The average Bonchev–Trinajstić information content (AvgIpc) is 2.57. The number of aliphatic hydroxyl groups excluding tert-OH is 1. The molecule has 0 fully saturated rings. The van der Waals surface area contributed by atoms with E-state index in [0.29, 0.717) is 24.9 Å². The molecule has 0 saturated carbocycles. The van der Waals surface area contributed by atoms with Gasteiger partial charge in [-0.25, -0.2) is 0 Å². The van der Waals surface area contributed by atoms with Gasteiger partial charge in [0.1, 0.15) is 0 Å². The Morgan fingerprint density at radius 1 is 1.26 bits per heavy atom. The van der Waals surface area contributed by atoms with Gasteiger partial charge in [0.25, 0.3) is 5.56 Å². The van der Waals surface area contributed by atoms with Crippen molar-refractivity contribution in [2.45, 2.75) is 39.7 Å². The molecule has 0 spiro atoms. The van der Waals surface area contributed by atoms with Crippen LogP contribution in [0.15, 0.2) is 29.1 Å². The molecule has 0 aliphatic heterocycles. The van der Waals surface area contributed by atoms with Crippen LogP contribution in [0, 0.1) is 0 Å². The van der Waals surface area contributed by atoms with Crippen LogP contribution in [0.1, 0.15) is 37.8 Å². The minimum Gasteiger partial charge on any atom is -0.396 e. The van der Waals surface area contributed by atoms with Crippen molar-refractivity contribution >= 4 is 16.8 Å². The fourth-order valence-corrected chi connectivity index (χ4v) is 2.62. The lowest BCUT2D eigenvalue weighted by molar-refractivity contribution is -0.131. The van der Waals surface area contributed by atoms with E-state index in [1.807, 2.05) is 18.2 Å². The number of aromatic nitrogens is 1. The molecule has 0 unspecified atom stereocenters. The quantitative estimate of drug-likeness (QED) is 0.822. The van der Waals surface area contributed by atoms with Gasteiger partial charge >= 0.3 is 0 Å². The van der Waals surface area contributed by atoms with Crippen molar-refractivity contribution < 1.29 is 9.90 Å². The maximum atomic E-state index is 12.3. The van der Waals surface area contributed by atoms with Crippen molar-refractivity contribution in [2.24, 2.45) is 0 Å². The number of benzene rings is 1. The van der Waals surface area contributed by atoms with Crippen LogP contribution in [-0.4, -0.2) is 34.0 Å². The van der Waals surface area contributed by atoms with Crippen LogP contribution in [0.25, 0.3) is 10.9 Å². The van der Waals surface area contributed by atoms with Gasteiger partial charge in [-0.05, 0) is 42.0 Å². The minimum absolute atomic E-state index is 0.0137. The summed E-state index contributed by atoms with van der Waals surface area (Å²) in [6.45, 7) is 4.64. The lowest BCUT2D eigenvalue weighted by Gasteiger charge is -2.21. The highest BCUT2D eigenvalue weighted by Crippen LogP contribution is 2.15. The number of amides is 1. The molecule has 0 aliphatic rings. The Labute approximate surface area is 135 Å². The lowest BCUT2D eigenvalue weighted by atomic mass is 10.1. The number of carbonyl (C=O) groups excluding carboxylic acids is 1. The van der Waals surface area contributed by atoms with E-state index >= 15 is 0 Å². The SMILES string of the molecule is CCC(=O)N(CCCO)Cc1cc2cc(CC)ccc2[nH]c1=O. The summed E-state index contributed by atoms with van der Waals surface area (Å²) in [5, 5.41) is 9.96. The highest BCUT2D eigenvalue weighted by atomic mass is 16.3. The number of hydrogen-bond donors (Lipinski definition) is 2. The van der Waals surface area contributed by atoms with E-state index in [1.54, 1.807) is 11.8 Å². The number of aryl methyl sites for hydroxylation is 1. The first-order valence-corrected chi connectivity index (χ1v) is 8.12. The summed E-state index contributed by atoms with van der Waals surface area (Å²) in [6.07, 6.45) is 1.83. The summed E-state index contributed by atoms with van der Waals surface area (Å²) in [6, 6.07) is 7.85. The summed E-state index contributed by atoms with van der Waals surface area (Å²) in [7, 11) is 0. The Balaban J connectivity index is 2.34. The Morgan fingerprint density at radius 3 is 2.70 bits per heavy atom. The molecule has 0 bridgehead atoms. The maximum Gasteiger partial charge on any atom is 0.253 e. The number of rotatable bonds is 7. The zero-order valence-corrected chi connectivity index (χ0v) is 13.8. The van der Waals surface area contributed by atoms with Crippen molar-refractivity contribution in [1.29, 1.82) is 0 Å². The van der Waals surface area contributed by atoms with Gasteiger partial charge in [0.15, 0.2) is 0 Å².